The number of nitrogens with zero attached hydrogens (tertiary/aromatic N) is 2. The van der Waals surface area contributed by atoms with E-state index in [0.717, 1.165) is 13.1 Å². The fourth-order valence-electron chi connectivity index (χ4n) is 1.47. The minimum atomic E-state index is 0.581. The van der Waals surface area contributed by atoms with Crippen LogP contribution in [0.15, 0.2) is 12.3 Å². The van der Waals surface area contributed by atoms with Crippen LogP contribution in [0.3, 0.4) is 0 Å². The molecule has 0 amide bonds. The van der Waals surface area contributed by atoms with Crippen molar-refractivity contribution in [3.05, 3.63) is 18.0 Å². The molecule has 1 N–H and O–H groups in total. The van der Waals surface area contributed by atoms with E-state index in [9.17, 15) is 0 Å². The Kier molecular flexibility index (Phi) is 5.79. The van der Waals surface area contributed by atoms with Crippen molar-refractivity contribution >= 4 is 11.8 Å². The summed E-state index contributed by atoms with van der Waals surface area (Å²) in [4.78, 5) is 0. The zero-order valence-corrected chi connectivity index (χ0v) is 10.7. The molecule has 1 rings (SSSR count). The second-order valence-corrected chi connectivity index (χ2v) is 4.69. The number of hydrogen-bond donors (Lipinski definition) is 1. The SMILES string of the molecule is CCn1nccc1CNC(C)CCSC. The van der Waals surface area contributed by atoms with E-state index in [1.165, 1.54) is 17.9 Å². The van der Waals surface area contributed by atoms with Crippen LogP contribution in [0.2, 0.25) is 0 Å². The van der Waals surface area contributed by atoms with Crippen molar-refractivity contribution in [3.63, 3.8) is 0 Å². The third kappa shape index (κ3) is 4.26. The van der Waals surface area contributed by atoms with E-state index in [2.05, 4.69) is 36.6 Å². The Morgan fingerprint density at radius 2 is 2.40 bits per heavy atom. The van der Waals surface area contributed by atoms with E-state index < -0.39 is 0 Å². The topological polar surface area (TPSA) is 29.9 Å². The molecular weight excluding hydrogens is 206 g/mol. The van der Waals surface area contributed by atoms with Crippen LogP contribution in [-0.4, -0.2) is 27.8 Å². The molecule has 86 valence electrons. The van der Waals surface area contributed by atoms with Gasteiger partial charge in [-0.05, 0) is 38.3 Å². The van der Waals surface area contributed by atoms with Gasteiger partial charge in [0.1, 0.15) is 0 Å². The van der Waals surface area contributed by atoms with E-state index in [4.69, 9.17) is 0 Å². The van der Waals surface area contributed by atoms with Crippen molar-refractivity contribution in [3.8, 4) is 0 Å². The van der Waals surface area contributed by atoms with Crippen LogP contribution in [-0.2, 0) is 13.1 Å². The molecule has 0 radical (unpaired) electrons. The first-order valence-electron chi connectivity index (χ1n) is 5.51. The minimum Gasteiger partial charge on any atom is -0.309 e. The maximum Gasteiger partial charge on any atom is 0.0522 e. The summed E-state index contributed by atoms with van der Waals surface area (Å²) in [5.41, 5.74) is 1.27. The highest BCUT2D eigenvalue weighted by Gasteiger charge is 2.03. The number of nitrogens with one attached hydrogen (secondary N) is 1. The van der Waals surface area contributed by atoms with Gasteiger partial charge in [-0.1, -0.05) is 0 Å². The van der Waals surface area contributed by atoms with Crippen molar-refractivity contribution in [2.24, 2.45) is 0 Å². The fourth-order valence-corrected chi connectivity index (χ4v) is 2.06. The van der Waals surface area contributed by atoms with Crippen LogP contribution in [0.4, 0.5) is 0 Å². The van der Waals surface area contributed by atoms with Gasteiger partial charge in [0.2, 0.25) is 0 Å². The lowest BCUT2D eigenvalue weighted by Gasteiger charge is -2.13. The molecule has 0 fully saturated rings. The molecular formula is C11H21N3S. The summed E-state index contributed by atoms with van der Waals surface area (Å²) in [5, 5.41) is 7.77. The quantitative estimate of drug-likeness (QED) is 0.774. The Bertz CT molecular complexity index is 273. The average molecular weight is 227 g/mol. The fraction of sp³-hybridized carbons (Fsp3) is 0.727. The molecule has 0 saturated carbocycles. The summed E-state index contributed by atoms with van der Waals surface area (Å²) >= 11 is 1.90. The summed E-state index contributed by atoms with van der Waals surface area (Å²) in [6, 6.07) is 2.66. The van der Waals surface area contributed by atoms with Crippen molar-refractivity contribution in [2.75, 3.05) is 12.0 Å². The van der Waals surface area contributed by atoms with E-state index in [1.807, 2.05) is 22.6 Å². The second-order valence-electron chi connectivity index (χ2n) is 3.70. The van der Waals surface area contributed by atoms with Gasteiger partial charge in [-0.15, -0.1) is 0 Å². The number of aromatic nitrogens is 2. The van der Waals surface area contributed by atoms with Gasteiger partial charge in [0.25, 0.3) is 0 Å². The largest absolute Gasteiger partial charge is 0.309 e. The summed E-state index contributed by atoms with van der Waals surface area (Å²) in [6.07, 6.45) is 5.24. The number of thioether (sulfide) groups is 1. The van der Waals surface area contributed by atoms with Gasteiger partial charge in [-0.2, -0.15) is 16.9 Å². The highest BCUT2D eigenvalue weighted by atomic mass is 32.2. The number of hydrogen-bond acceptors (Lipinski definition) is 3. The Labute approximate surface area is 96.6 Å². The lowest BCUT2D eigenvalue weighted by atomic mass is 10.2. The van der Waals surface area contributed by atoms with Crippen molar-refractivity contribution in [1.82, 2.24) is 15.1 Å². The third-order valence-electron chi connectivity index (χ3n) is 2.49. The summed E-state index contributed by atoms with van der Waals surface area (Å²) in [7, 11) is 0. The lowest BCUT2D eigenvalue weighted by Crippen LogP contribution is -2.27. The van der Waals surface area contributed by atoms with Crippen molar-refractivity contribution in [2.45, 2.75) is 39.4 Å². The van der Waals surface area contributed by atoms with Gasteiger partial charge >= 0.3 is 0 Å². The Hall–Kier alpha value is -0.480. The summed E-state index contributed by atoms with van der Waals surface area (Å²) in [5.74, 6) is 1.22. The standard InChI is InChI=1S/C11H21N3S/c1-4-14-11(5-7-13-14)9-12-10(2)6-8-15-3/h5,7,10,12H,4,6,8-9H2,1-3H3. The molecule has 0 aliphatic heterocycles. The van der Waals surface area contributed by atoms with Crippen LogP contribution < -0.4 is 5.32 Å². The van der Waals surface area contributed by atoms with Gasteiger partial charge in [0.15, 0.2) is 0 Å². The first-order valence-corrected chi connectivity index (χ1v) is 6.90. The van der Waals surface area contributed by atoms with Crippen LogP contribution in [0, 0.1) is 0 Å². The first kappa shape index (κ1) is 12.6. The number of rotatable bonds is 7. The molecule has 1 atom stereocenters. The lowest BCUT2D eigenvalue weighted by molar-refractivity contribution is 0.509. The van der Waals surface area contributed by atoms with E-state index in [-0.39, 0.29) is 0 Å². The molecule has 3 nitrogen and oxygen atoms in total. The van der Waals surface area contributed by atoms with Gasteiger partial charge in [-0.25, -0.2) is 0 Å². The molecule has 1 heterocycles. The smallest absolute Gasteiger partial charge is 0.0522 e. The zero-order valence-electron chi connectivity index (χ0n) is 9.86. The third-order valence-corrected chi connectivity index (χ3v) is 3.13. The maximum atomic E-state index is 4.25. The predicted octanol–water partition coefficient (Wildman–Crippen LogP) is 2.13. The summed E-state index contributed by atoms with van der Waals surface area (Å²) < 4.78 is 2.04. The molecule has 1 aromatic rings. The average Bonchev–Trinajstić information content (AvgIpc) is 2.70. The normalized spacial score (nSPS) is 13.0. The molecule has 0 aliphatic rings. The van der Waals surface area contributed by atoms with Crippen LogP contribution in [0.5, 0.6) is 0 Å². The van der Waals surface area contributed by atoms with Crippen LogP contribution in [0.1, 0.15) is 26.0 Å². The highest BCUT2D eigenvalue weighted by molar-refractivity contribution is 7.98. The molecule has 0 aromatic carbocycles. The minimum absolute atomic E-state index is 0.581. The maximum absolute atomic E-state index is 4.25. The second kappa shape index (κ2) is 6.90. The molecule has 4 heteroatoms. The molecule has 15 heavy (non-hydrogen) atoms. The van der Waals surface area contributed by atoms with Crippen molar-refractivity contribution < 1.29 is 0 Å². The molecule has 0 saturated heterocycles. The molecule has 1 aromatic heterocycles. The zero-order chi connectivity index (χ0) is 11.1. The highest BCUT2D eigenvalue weighted by Crippen LogP contribution is 2.02. The van der Waals surface area contributed by atoms with Gasteiger partial charge in [0, 0.05) is 25.3 Å². The molecule has 0 spiro atoms. The van der Waals surface area contributed by atoms with E-state index in [0.29, 0.717) is 6.04 Å². The Morgan fingerprint density at radius 3 is 3.07 bits per heavy atom. The van der Waals surface area contributed by atoms with Crippen molar-refractivity contribution in [1.29, 1.82) is 0 Å². The van der Waals surface area contributed by atoms with Gasteiger partial charge in [0.05, 0.1) is 5.69 Å². The van der Waals surface area contributed by atoms with Gasteiger partial charge in [-0.3, -0.25) is 4.68 Å². The molecule has 1 unspecified atom stereocenters. The van der Waals surface area contributed by atoms with Gasteiger partial charge < -0.3 is 5.32 Å². The van der Waals surface area contributed by atoms with E-state index >= 15 is 0 Å². The Balaban J connectivity index is 2.30. The molecule has 0 aliphatic carbocycles. The molecule has 0 bridgehead atoms. The number of aryl methyl sites for hydroxylation is 1. The monoisotopic (exact) mass is 227 g/mol. The first-order chi connectivity index (χ1) is 7.27. The van der Waals surface area contributed by atoms with Crippen LogP contribution >= 0.6 is 11.8 Å². The van der Waals surface area contributed by atoms with Crippen LogP contribution in [0.25, 0.3) is 0 Å². The predicted molar refractivity (Wildman–Crippen MR) is 67.2 cm³/mol. The Morgan fingerprint density at radius 1 is 1.60 bits per heavy atom. The summed E-state index contributed by atoms with van der Waals surface area (Å²) in [6.45, 7) is 6.23. The van der Waals surface area contributed by atoms with E-state index in [1.54, 1.807) is 0 Å².